The molecule has 4 nitrogen and oxygen atoms in total. The molecule has 3 rings (SSSR count). The first kappa shape index (κ1) is 11.9. The Morgan fingerprint density at radius 2 is 2.06 bits per heavy atom. The molecule has 2 fully saturated rings. The lowest BCUT2D eigenvalue weighted by atomic mass is 10.1. The number of hydrogen-bond donors (Lipinski definition) is 1. The number of piperazine rings is 1. The summed E-state index contributed by atoms with van der Waals surface area (Å²) in [6.45, 7) is 5.47. The van der Waals surface area contributed by atoms with Crippen LogP contribution in [0.5, 0.6) is 0 Å². The third kappa shape index (κ3) is 2.35. The van der Waals surface area contributed by atoms with Gasteiger partial charge in [0.1, 0.15) is 5.82 Å². The molecule has 2 aliphatic rings. The normalized spacial score (nSPS) is 25.6. The molecule has 0 aromatic carbocycles. The van der Waals surface area contributed by atoms with E-state index in [1.807, 2.05) is 0 Å². The van der Waals surface area contributed by atoms with Crippen molar-refractivity contribution in [2.45, 2.75) is 18.9 Å². The van der Waals surface area contributed by atoms with Gasteiger partial charge in [-0.2, -0.15) is 0 Å². The van der Waals surface area contributed by atoms with Gasteiger partial charge in [-0.1, -0.05) is 6.07 Å². The molecule has 3 heterocycles. The van der Waals surface area contributed by atoms with Crippen LogP contribution in [0.15, 0.2) is 18.3 Å². The largest absolute Gasteiger partial charge is 0.354 e. The van der Waals surface area contributed by atoms with Gasteiger partial charge in [-0.05, 0) is 38.1 Å². The summed E-state index contributed by atoms with van der Waals surface area (Å²) in [6, 6.07) is 5.03. The number of nitrogens with one attached hydrogen (secondary N) is 1. The Balaban J connectivity index is 1.72. The SMILES string of the molecule is CN1CCCC1c1ccc(N2CCNCC2)nc1. The van der Waals surface area contributed by atoms with Gasteiger partial charge in [0.15, 0.2) is 0 Å². The molecule has 0 aliphatic carbocycles. The molecular formula is C14H22N4. The van der Waals surface area contributed by atoms with Crippen LogP contribution in [0.4, 0.5) is 5.82 Å². The molecule has 0 amide bonds. The molecule has 18 heavy (non-hydrogen) atoms. The molecule has 1 N–H and O–H groups in total. The van der Waals surface area contributed by atoms with Crippen LogP contribution >= 0.6 is 0 Å². The molecule has 0 bridgehead atoms. The van der Waals surface area contributed by atoms with Crippen molar-refractivity contribution in [1.82, 2.24) is 15.2 Å². The van der Waals surface area contributed by atoms with Crippen LogP contribution in [0, 0.1) is 0 Å². The maximum absolute atomic E-state index is 4.65. The van der Waals surface area contributed by atoms with Gasteiger partial charge in [0, 0.05) is 38.4 Å². The predicted octanol–water partition coefficient (Wildman–Crippen LogP) is 1.26. The Morgan fingerprint density at radius 3 is 2.67 bits per heavy atom. The number of likely N-dealkylation sites (tertiary alicyclic amines) is 1. The second-order valence-corrected chi connectivity index (χ2v) is 5.33. The summed E-state index contributed by atoms with van der Waals surface area (Å²) in [6.07, 6.45) is 4.65. The maximum Gasteiger partial charge on any atom is 0.128 e. The Labute approximate surface area is 109 Å². The van der Waals surface area contributed by atoms with Gasteiger partial charge in [-0.25, -0.2) is 4.98 Å². The van der Waals surface area contributed by atoms with Gasteiger partial charge in [0.2, 0.25) is 0 Å². The number of nitrogens with zero attached hydrogens (tertiary/aromatic N) is 3. The lowest BCUT2D eigenvalue weighted by molar-refractivity contribution is 0.317. The van der Waals surface area contributed by atoms with Crippen LogP contribution in [0.3, 0.4) is 0 Å². The van der Waals surface area contributed by atoms with Crippen LogP contribution in [0.25, 0.3) is 0 Å². The smallest absolute Gasteiger partial charge is 0.128 e. The molecule has 1 unspecified atom stereocenters. The summed E-state index contributed by atoms with van der Waals surface area (Å²) in [7, 11) is 2.21. The van der Waals surface area contributed by atoms with E-state index < -0.39 is 0 Å². The number of rotatable bonds is 2. The average Bonchev–Trinajstić information content (AvgIpc) is 2.86. The summed E-state index contributed by atoms with van der Waals surface area (Å²) < 4.78 is 0. The number of aromatic nitrogens is 1. The van der Waals surface area contributed by atoms with E-state index in [2.05, 4.69) is 45.5 Å². The van der Waals surface area contributed by atoms with Crippen LogP contribution in [0.1, 0.15) is 24.4 Å². The van der Waals surface area contributed by atoms with Crippen LogP contribution in [0.2, 0.25) is 0 Å². The third-order valence-electron chi connectivity index (χ3n) is 4.12. The van der Waals surface area contributed by atoms with Gasteiger partial charge in [-0.15, -0.1) is 0 Å². The van der Waals surface area contributed by atoms with Crippen molar-refractivity contribution in [2.24, 2.45) is 0 Å². The fourth-order valence-electron chi connectivity index (χ4n) is 3.01. The quantitative estimate of drug-likeness (QED) is 0.851. The summed E-state index contributed by atoms with van der Waals surface area (Å²) >= 11 is 0. The number of pyridine rings is 1. The zero-order valence-corrected chi connectivity index (χ0v) is 11.1. The second-order valence-electron chi connectivity index (χ2n) is 5.33. The molecule has 98 valence electrons. The minimum atomic E-state index is 0.578. The van der Waals surface area contributed by atoms with E-state index in [0.717, 1.165) is 32.0 Å². The molecule has 1 aromatic rings. The molecule has 4 heteroatoms. The lowest BCUT2D eigenvalue weighted by Gasteiger charge is -2.28. The first-order valence-corrected chi connectivity index (χ1v) is 6.96. The lowest BCUT2D eigenvalue weighted by Crippen LogP contribution is -2.43. The van der Waals surface area contributed by atoms with Gasteiger partial charge in [0.05, 0.1) is 0 Å². The predicted molar refractivity (Wildman–Crippen MR) is 73.9 cm³/mol. The van der Waals surface area contributed by atoms with Crippen molar-refractivity contribution in [1.29, 1.82) is 0 Å². The van der Waals surface area contributed by atoms with Crippen molar-refractivity contribution >= 4 is 5.82 Å². The molecule has 1 atom stereocenters. The van der Waals surface area contributed by atoms with Gasteiger partial charge < -0.3 is 10.2 Å². The Kier molecular flexibility index (Phi) is 3.48. The van der Waals surface area contributed by atoms with Crippen molar-refractivity contribution < 1.29 is 0 Å². The first-order valence-electron chi connectivity index (χ1n) is 6.96. The minimum Gasteiger partial charge on any atom is -0.354 e. The zero-order chi connectivity index (χ0) is 12.4. The van der Waals surface area contributed by atoms with Gasteiger partial charge >= 0.3 is 0 Å². The molecular weight excluding hydrogens is 224 g/mol. The zero-order valence-electron chi connectivity index (χ0n) is 11.1. The van der Waals surface area contributed by atoms with E-state index in [0.29, 0.717) is 6.04 Å². The molecule has 0 saturated carbocycles. The molecule has 2 aliphatic heterocycles. The maximum atomic E-state index is 4.65. The summed E-state index contributed by atoms with van der Waals surface area (Å²) in [4.78, 5) is 9.44. The van der Waals surface area contributed by atoms with E-state index in [1.165, 1.54) is 24.9 Å². The highest BCUT2D eigenvalue weighted by Crippen LogP contribution is 2.30. The van der Waals surface area contributed by atoms with Crippen LogP contribution < -0.4 is 10.2 Å². The number of hydrogen-bond acceptors (Lipinski definition) is 4. The Bertz CT molecular complexity index is 383. The van der Waals surface area contributed by atoms with E-state index in [9.17, 15) is 0 Å². The summed E-state index contributed by atoms with van der Waals surface area (Å²) in [5, 5.41) is 3.37. The van der Waals surface area contributed by atoms with E-state index in [4.69, 9.17) is 0 Å². The Morgan fingerprint density at radius 1 is 1.22 bits per heavy atom. The van der Waals surface area contributed by atoms with Crippen molar-refractivity contribution in [3.05, 3.63) is 23.9 Å². The summed E-state index contributed by atoms with van der Waals surface area (Å²) in [5.41, 5.74) is 1.37. The minimum absolute atomic E-state index is 0.578. The Hall–Kier alpha value is -1.13. The highest BCUT2D eigenvalue weighted by Gasteiger charge is 2.23. The second kappa shape index (κ2) is 5.24. The molecule has 1 aromatic heterocycles. The van der Waals surface area contributed by atoms with Crippen molar-refractivity contribution in [3.63, 3.8) is 0 Å². The number of anilines is 1. The molecule has 0 spiro atoms. The van der Waals surface area contributed by atoms with Crippen LogP contribution in [-0.4, -0.2) is 49.7 Å². The van der Waals surface area contributed by atoms with Crippen LogP contribution in [-0.2, 0) is 0 Å². The van der Waals surface area contributed by atoms with Gasteiger partial charge in [-0.3, -0.25) is 4.90 Å². The fraction of sp³-hybridized carbons (Fsp3) is 0.643. The van der Waals surface area contributed by atoms with E-state index >= 15 is 0 Å². The summed E-state index contributed by atoms with van der Waals surface area (Å²) in [5.74, 6) is 1.13. The highest BCUT2D eigenvalue weighted by atomic mass is 15.2. The topological polar surface area (TPSA) is 31.4 Å². The van der Waals surface area contributed by atoms with E-state index in [1.54, 1.807) is 0 Å². The van der Waals surface area contributed by atoms with Gasteiger partial charge in [0.25, 0.3) is 0 Å². The average molecular weight is 246 g/mol. The monoisotopic (exact) mass is 246 g/mol. The standard InChI is InChI=1S/C14H22N4/c1-17-8-2-3-13(17)12-4-5-14(16-11-12)18-9-6-15-7-10-18/h4-5,11,13,15H,2-3,6-10H2,1H3. The fourth-order valence-corrected chi connectivity index (χ4v) is 3.01. The van der Waals surface area contributed by atoms with Crippen molar-refractivity contribution in [2.75, 3.05) is 44.7 Å². The first-order chi connectivity index (χ1) is 8.84. The highest BCUT2D eigenvalue weighted by molar-refractivity contribution is 5.40. The molecule has 2 saturated heterocycles. The molecule has 0 radical (unpaired) electrons. The van der Waals surface area contributed by atoms with E-state index in [-0.39, 0.29) is 0 Å². The third-order valence-corrected chi connectivity index (χ3v) is 4.12. The van der Waals surface area contributed by atoms with Crippen molar-refractivity contribution in [3.8, 4) is 0 Å².